The Bertz CT molecular complexity index is 1060. The second-order valence-electron chi connectivity index (χ2n) is 6.04. The molecule has 1 aromatic carbocycles. The number of nitrogens with one attached hydrogen (secondary N) is 1. The van der Waals surface area contributed by atoms with Crippen molar-refractivity contribution in [2.75, 3.05) is 19.0 Å². The van der Waals surface area contributed by atoms with E-state index >= 15 is 0 Å². The van der Waals surface area contributed by atoms with Crippen molar-refractivity contribution in [3.8, 4) is 5.75 Å². The number of nitrogens with zero attached hydrogens (tertiary/aromatic N) is 4. The number of carbonyl (C=O) groups excluding carboxylic acids is 1. The van der Waals surface area contributed by atoms with Crippen LogP contribution in [-0.2, 0) is 29.1 Å². The molecule has 1 aliphatic rings. The average molecular weight is 387 g/mol. The van der Waals surface area contributed by atoms with E-state index < -0.39 is 0 Å². The molecular formula is C17H17N5O4S. The van der Waals surface area contributed by atoms with E-state index in [1.807, 2.05) is 0 Å². The van der Waals surface area contributed by atoms with Crippen LogP contribution < -0.4 is 15.6 Å². The molecule has 2 aromatic heterocycles. The van der Waals surface area contributed by atoms with Crippen LogP contribution in [0.4, 0.5) is 5.13 Å². The Morgan fingerprint density at radius 2 is 2.26 bits per heavy atom. The van der Waals surface area contributed by atoms with Crippen molar-refractivity contribution < 1.29 is 14.3 Å². The third-order valence-electron chi connectivity index (χ3n) is 4.14. The molecule has 4 rings (SSSR count). The fourth-order valence-electron chi connectivity index (χ4n) is 2.94. The molecule has 0 spiro atoms. The smallest absolute Gasteiger partial charge is 0.264 e. The lowest BCUT2D eigenvalue weighted by atomic mass is 10.2. The van der Waals surface area contributed by atoms with Gasteiger partial charge in [0.2, 0.25) is 5.13 Å². The first-order valence-corrected chi connectivity index (χ1v) is 9.23. The highest BCUT2D eigenvalue weighted by atomic mass is 32.1. The van der Waals surface area contributed by atoms with Crippen LogP contribution in [0.5, 0.6) is 5.75 Å². The molecule has 0 saturated heterocycles. The second kappa shape index (κ2) is 7.41. The molecule has 1 amide bonds. The SMILES string of the molecule is COCc1nnc(NC(=O)COc2ccc3c(=O)n4c(nc3c2)CCC4)s1. The summed E-state index contributed by atoms with van der Waals surface area (Å²) in [5.41, 5.74) is 0.555. The largest absolute Gasteiger partial charge is 0.484 e. The van der Waals surface area contributed by atoms with Crippen LogP contribution in [0.2, 0.25) is 0 Å². The summed E-state index contributed by atoms with van der Waals surface area (Å²) in [5.74, 6) is 0.924. The molecular weight excluding hydrogens is 370 g/mol. The molecule has 0 aliphatic carbocycles. The Hall–Kier alpha value is -2.85. The molecule has 9 nitrogen and oxygen atoms in total. The predicted octanol–water partition coefficient (Wildman–Crippen LogP) is 1.36. The maximum atomic E-state index is 12.4. The summed E-state index contributed by atoms with van der Waals surface area (Å²) in [6.45, 7) is 0.875. The number of methoxy groups -OCH3 is 1. The van der Waals surface area contributed by atoms with Gasteiger partial charge in [-0.2, -0.15) is 0 Å². The summed E-state index contributed by atoms with van der Waals surface area (Å²) >= 11 is 1.24. The van der Waals surface area contributed by atoms with Gasteiger partial charge in [0.25, 0.3) is 11.5 Å². The Morgan fingerprint density at radius 1 is 1.37 bits per heavy atom. The fourth-order valence-corrected chi connectivity index (χ4v) is 3.67. The Kier molecular flexibility index (Phi) is 4.82. The lowest BCUT2D eigenvalue weighted by Crippen LogP contribution is -2.21. The molecule has 1 N–H and O–H groups in total. The molecule has 27 heavy (non-hydrogen) atoms. The van der Waals surface area contributed by atoms with Crippen LogP contribution in [0.1, 0.15) is 17.3 Å². The standard InChI is InChI=1S/C17H17N5O4S/c1-25-9-15-20-21-17(27-15)19-14(23)8-26-10-4-5-11-12(7-10)18-13-3-2-6-22(13)16(11)24/h4-5,7H,2-3,6,8-9H2,1H3,(H,19,21,23). The van der Waals surface area contributed by atoms with E-state index in [0.29, 0.717) is 39.9 Å². The first-order valence-electron chi connectivity index (χ1n) is 8.41. The van der Waals surface area contributed by atoms with Crippen molar-refractivity contribution in [2.45, 2.75) is 26.0 Å². The number of aromatic nitrogens is 4. The van der Waals surface area contributed by atoms with E-state index in [1.54, 1.807) is 29.9 Å². The zero-order chi connectivity index (χ0) is 18.8. The Balaban J connectivity index is 1.43. The fraction of sp³-hybridized carbons (Fsp3) is 0.353. The molecule has 3 heterocycles. The van der Waals surface area contributed by atoms with Gasteiger partial charge in [-0.1, -0.05) is 11.3 Å². The molecule has 3 aromatic rings. The van der Waals surface area contributed by atoms with Gasteiger partial charge in [0.15, 0.2) is 6.61 Å². The zero-order valence-electron chi connectivity index (χ0n) is 14.6. The highest BCUT2D eigenvalue weighted by molar-refractivity contribution is 7.15. The van der Waals surface area contributed by atoms with Gasteiger partial charge in [-0.25, -0.2) is 4.98 Å². The van der Waals surface area contributed by atoms with E-state index in [0.717, 1.165) is 18.7 Å². The van der Waals surface area contributed by atoms with Gasteiger partial charge in [0.05, 0.1) is 10.9 Å². The molecule has 0 saturated carbocycles. The van der Waals surface area contributed by atoms with E-state index in [1.165, 1.54) is 11.3 Å². The molecule has 10 heteroatoms. The van der Waals surface area contributed by atoms with Gasteiger partial charge >= 0.3 is 0 Å². The monoisotopic (exact) mass is 387 g/mol. The van der Waals surface area contributed by atoms with Crippen molar-refractivity contribution in [3.05, 3.63) is 39.4 Å². The van der Waals surface area contributed by atoms with Gasteiger partial charge < -0.3 is 9.47 Å². The summed E-state index contributed by atoms with van der Waals surface area (Å²) in [6, 6.07) is 5.04. The van der Waals surface area contributed by atoms with Gasteiger partial charge in [0, 0.05) is 26.1 Å². The average Bonchev–Trinajstić information content (AvgIpc) is 3.30. The van der Waals surface area contributed by atoms with Crippen LogP contribution in [0.15, 0.2) is 23.0 Å². The van der Waals surface area contributed by atoms with E-state index in [9.17, 15) is 9.59 Å². The molecule has 0 atom stereocenters. The third kappa shape index (κ3) is 3.67. The molecule has 0 unspecified atom stereocenters. The summed E-state index contributed by atoms with van der Waals surface area (Å²) in [7, 11) is 1.56. The maximum Gasteiger partial charge on any atom is 0.264 e. The van der Waals surface area contributed by atoms with Crippen molar-refractivity contribution in [2.24, 2.45) is 0 Å². The van der Waals surface area contributed by atoms with Crippen LogP contribution >= 0.6 is 11.3 Å². The first kappa shape index (κ1) is 17.6. The lowest BCUT2D eigenvalue weighted by Gasteiger charge is -2.08. The number of carbonyl (C=O) groups is 1. The van der Waals surface area contributed by atoms with Crippen LogP contribution in [0.3, 0.4) is 0 Å². The minimum Gasteiger partial charge on any atom is -0.484 e. The number of benzene rings is 1. The van der Waals surface area contributed by atoms with Gasteiger partial charge in [-0.05, 0) is 18.6 Å². The zero-order valence-corrected chi connectivity index (χ0v) is 15.4. The van der Waals surface area contributed by atoms with E-state index in [2.05, 4.69) is 20.5 Å². The number of aryl methyl sites for hydroxylation is 1. The third-order valence-corrected chi connectivity index (χ3v) is 4.95. The maximum absolute atomic E-state index is 12.4. The van der Waals surface area contributed by atoms with Crippen LogP contribution in [0, 0.1) is 0 Å². The normalized spacial score (nSPS) is 12.9. The number of hydrogen-bond acceptors (Lipinski definition) is 8. The highest BCUT2D eigenvalue weighted by Crippen LogP contribution is 2.20. The number of anilines is 1. The number of rotatable bonds is 6. The summed E-state index contributed by atoms with van der Waals surface area (Å²) in [6.07, 6.45) is 1.73. The van der Waals surface area contributed by atoms with Crippen LogP contribution in [0.25, 0.3) is 10.9 Å². The van der Waals surface area contributed by atoms with Crippen molar-refractivity contribution in [1.82, 2.24) is 19.7 Å². The summed E-state index contributed by atoms with van der Waals surface area (Å²) in [4.78, 5) is 29.0. The molecule has 0 bridgehead atoms. The van der Waals surface area contributed by atoms with Crippen molar-refractivity contribution in [1.29, 1.82) is 0 Å². The van der Waals surface area contributed by atoms with Gasteiger partial charge in [-0.15, -0.1) is 10.2 Å². The number of amides is 1. The van der Waals surface area contributed by atoms with E-state index in [4.69, 9.17) is 9.47 Å². The quantitative estimate of drug-likeness (QED) is 0.680. The molecule has 140 valence electrons. The Labute approximate surface area is 158 Å². The van der Waals surface area contributed by atoms with Gasteiger partial charge in [-0.3, -0.25) is 19.5 Å². The van der Waals surface area contributed by atoms with Crippen molar-refractivity contribution >= 4 is 33.3 Å². The van der Waals surface area contributed by atoms with E-state index in [-0.39, 0.29) is 18.1 Å². The second-order valence-corrected chi connectivity index (χ2v) is 7.10. The minimum atomic E-state index is -0.350. The number of fused-ring (bicyclic) bond motifs is 2. The Morgan fingerprint density at radius 3 is 3.11 bits per heavy atom. The summed E-state index contributed by atoms with van der Waals surface area (Å²) in [5, 5.41) is 12.0. The summed E-state index contributed by atoms with van der Waals surface area (Å²) < 4.78 is 12.2. The van der Waals surface area contributed by atoms with Crippen LogP contribution in [-0.4, -0.2) is 39.4 Å². The van der Waals surface area contributed by atoms with Crippen molar-refractivity contribution in [3.63, 3.8) is 0 Å². The minimum absolute atomic E-state index is 0.0278. The predicted molar refractivity (Wildman–Crippen MR) is 99.1 cm³/mol. The highest BCUT2D eigenvalue weighted by Gasteiger charge is 2.16. The number of ether oxygens (including phenoxy) is 2. The molecule has 0 radical (unpaired) electrons. The topological polar surface area (TPSA) is 108 Å². The first-order chi connectivity index (χ1) is 13.1. The lowest BCUT2D eigenvalue weighted by molar-refractivity contribution is -0.118. The molecule has 0 fully saturated rings. The van der Waals surface area contributed by atoms with Gasteiger partial charge in [0.1, 0.15) is 23.2 Å². The number of hydrogen-bond donors (Lipinski definition) is 1. The molecule has 1 aliphatic heterocycles.